The van der Waals surface area contributed by atoms with E-state index in [-0.39, 0.29) is 5.91 Å². The summed E-state index contributed by atoms with van der Waals surface area (Å²) in [6.07, 6.45) is 1.91. The van der Waals surface area contributed by atoms with Gasteiger partial charge in [-0.1, -0.05) is 18.3 Å². The normalized spacial score (nSPS) is 10.6. The predicted molar refractivity (Wildman–Crippen MR) is 81.6 cm³/mol. The third-order valence-corrected chi connectivity index (χ3v) is 6.17. The van der Waals surface area contributed by atoms with Crippen LogP contribution in [-0.4, -0.2) is 16.1 Å². The maximum absolute atomic E-state index is 11.9. The monoisotopic (exact) mass is 409 g/mol. The van der Waals surface area contributed by atoms with Crippen molar-refractivity contribution in [2.75, 3.05) is 5.32 Å². The number of hydrogen-bond donors (Lipinski definition) is 1. The molecule has 0 aliphatic rings. The highest BCUT2D eigenvalue weighted by Gasteiger charge is 2.14. The Morgan fingerprint density at radius 3 is 2.78 bits per heavy atom. The van der Waals surface area contributed by atoms with Crippen LogP contribution in [0.3, 0.4) is 0 Å². The Labute approximate surface area is 129 Å². The predicted octanol–water partition coefficient (Wildman–Crippen LogP) is 4.33. The number of hydrogen-bond acceptors (Lipinski definition) is 5. The van der Waals surface area contributed by atoms with Crippen LogP contribution < -0.4 is 5.32 Å². The molecule has 0 aliphatic heterocycles. The first-order chi connectivity index (χ1) is 8.60. The third kappa shape index (κ3) is 3.37. The maximum atomic E-state index is 11.9. The van der Waals surface area contributed by atoms with Crippen LogP contribution in [0.4, 0.5) is 5.13 Å². The number of aromatic nitrogens is 2. The first-order valence-electron chi connectivity index (χ1n) is 5.18. The molecule has 4 nitrogen and oxygen atoms in total. The molecule has 0 radical (unpaired) electrons. The summed E-state index contributed by atoms with van der Waals surface area (Å²) in [5.41, 5.74) is 0. The van der Waals surface area contributed by atoms with Gasteiger partial charge >= 0.3 is 0 Å². The fourth-order valence-electron chi connectivity index (χ4n) is 1.24. The van der Waals surface area contributed by atoms with Crippen molar-refractivity contribution in [2.45, 2.75) is 19.8 Å². The molecule has 2 heterocycles. The molecule has 2 aromatic heterocycles. The van der Waals surface area contributed by atoms with Crippen molar-refractivity contribution in [3.05, 3.63) is 24.2 Å². The first kappa shape index (κ1) is 14.1. The molecule has 1 amide bonds. The van der Waals surface area contributed by atoms with Gasteiger partial charge in [0.05, 0.1) is 8.66 Å². The Kier molecular flexibility index (Phi) is 4.88. The number of thiophene rings is 1. The zero-order valence-corrected chi connectivity index (χ0v) is 14.2. The molecule has 0 saturated carbocycles. The Hall–Kier alpha value is -0.310. The van der Waals surface area contributed by atoms with Crippen molar-refractivity contribution in [3.8, 4) is 0 Å². The van der Waals surface area contributed by atoms with Gasteiger partial charge in [0.1, 0.15) is 5.01 Å². The van der Waals surface area contributed by atoms with Gasteiger partial charge in [-0.05, 0) is 44.3 Å². The average Bonchev–Trinajstić information content (AvgIpc) is 2.88. The molecule has 8 heteroatoms. The summed E-state index contributed by atoms with van der Waals surface area (Å²) < 4.78 is 1.78. The van der Waals surface area contributed by atoms with Crippen LogP contribution in [0.25, 0.3) is 0 Å². The number of amides is 1. The van der Waals surface area contributed by atoms with E-state index in [4.69, 9.17) is 0 Å². The molecule has 0 saturated heterocycles. The zero-order chi connectivity index (χ0) is 13.1. The quantitative estimate of drug-likeness (QED) is 0.815. The van der Waals surface area contributed by atoms with Crippen molar-refractivity contribution >= 4 is 65.6 Å². The van der Waals surface area contributed by atoms with E-state index in [2.05, 4.69) is 54.3 Å². The van der Waals surface area contributed by atoms with Crippen LogP contribution in [0.15, 0.2) is 14.3 Å². The van der Waals surface area contributed by atoms with Gasteiger partial charge in [0, 0.05) is 10.9 Å². The van der Waals surface area contributed by atoms with E-state index in [0.29, 0.717) is 10.0 Å². The minimum atomic E-state index is -0.161. The van der Waals surface area contributed by atoms with Crippen LogP contribution in [0.2, 0.25) is 0 Å². The van der Waals surface area contributed by atoms with Gasteiger partial charge < -0.3 is 0 Å². The molecular weight excluding hydrogens is 402 g/mol. The van der Waals surface area contributed by atoms with Gasteiger partial charge in [0.15, 0.2) is 0 Å². The Balaban J connectivity index is 2.06. The highest BCUT2D eigenvalue weighted by molar-refractivity contribution is 9.13. The zero-order valence-electron chi connectivity index (χ0n) is 9.37. The van der Waals surface area contributed by atoms with Crippen LogP contribution in [-0.2, 0) is 6.42 Å². The average molecular weight is 411 g/mol. The fourth-order valence-corrected chi connectivity index (χ4v) is 4.00. The van der Waals surface area contributed by atoms with Gasteiger partial charge in [-0.2, -0.15) is 0 Å². The molecule has 0 aliphatic carbocycles. The number of anilines is 1. The highest BCUT2D eigenvalue weighted by atomic mass is 79.9. The number of carbonyl (C=O) groups excluding carboxylic acids is 1. The number of nitrogens with one attached hydrogen (secondary N) is 1. The molecule has 0 atom stereocenters. The summed E-state index contributed by atoms with van der Waals surface area (Å²) in [6, 6.07) is 1.78. The lowest BCUT2D eigenvalue weighted by Gasteiger charge is -1.96. The molecule has 2 aromatic rings. The van der Waals surface area contributed by atoms with Crippen LogP contribution >= 0.6 is 54.5 Å². The maximum Gasteiger partial charge on any atom is 0.267 e. The smallest absolute Gasteiger partial charge is 0.267 e. The highest BCUT2D eigenvalue weighted by Crippen LogP contribution is 2.32. The van der Waals surface area contributed by atoms with Crippen LogP contribution in [0, 0.1) is 0 Å². The number of nitrogens with zero attached hydrogens (tertiary/aromatic N) is 2. The second-order valence-electron chi connectivity index (χ2n) is 3.44. The largest absolute Gasteiger partial charge is 0.296 e. The lowest BCUT2D eigenvalue weighted by Crippen LogP contribution is -2.09. The lowest BCUT2D eigenvalue weighted by atomic mass is 10.4. The summed E-state index contributed by atoms with van der Waals surface area (Å²) in [6.45, 7) is 2.08. The summed E-state index contributed by atoms with van der Waals surface area (Å²) in [4.78, 5) is 12.6. The molecule has 0 unspecified atom stereocenters. The van der Waals surface area contributed by atoms with E-state index >= 15 is 0 Å². The van der Waals surface area contributed by atoms with Crippen molar-refractivity contribution in [1.29, 1.82) is 0 Å². The second kappa shape index (κ2) is 6.23. The van der Waals surface area contributed by atoms with Gasteiger partial charge in [-0.15, -0.1) is 21.5 Å². The molecule has 0 spiro atoms. The minimum Gasteiger partial charge on any atom is -0.296 e. The Morgan fingerprint density at radius 1 is 1.39 bits per heavy atom. The van der Waals surface area contributed by atoms with E-state index in [1.807, 2.05) is 0 Å². The number of halogens is 2. The van der Waals surface area contributed by atoms with E-state index in [1.54, 1.807) is 6.07 Å². The van der Waals surface area contributed by atoms with Gasteiger partial charge in [0.25, 0.3) is 5.91 Å². The topological polar surface area (TPSA) is 54.9 Å². The summed E-state index contributed by atoms with van der Waals surface area (Å²) in [7, 11) is 0. The standard InChI is InChI=1S/C10H9Br2N3OS2/c1-2-3-7-14-15-10(18-7)13-9(16)6-4-5(11)8(12)17-6/h4H,2-3H2,1H3,(H,13,15,16). The van der Waals surface area contributed by atoms with Gasteiger partial charge in [0.2, 0.25) is 5.13 Å². The summed E-state index contributed by atoms with van der Waals surface area (Å²) >= 11 is 9.50. The van der Waals surface area contributed by atoms with Gasteiger partial charge in [-0.25, -0.2) is 0 Å². The van der Waals surface area contributed by atoms with Crippen molar-refractivity contribution in [3.63, 3.8) is 0 Å². The van der Waals surface area contributed by atoms with Crippen LogP contribution in [0.1, 0.15) is 28.0 Å². The molecule has 18 heavy (non-hydrogen) atoms. The summed E-state index contributed by atoms with van der Waals surface area (Å²) in [5.74, 6) is -0.161. The SMILES string of the molecule is CCCc1nnc(NC(=O)c2cc(Br)c(Br)s2)s1. The molecule has 0 fully saturated rings. The number of aryl methyl sites for hydroxylation is 1. The Morgan fingerprint density at radius 2 is 2.17 bits per heavy atom. The van der Waals surface area contributed by atoms with Gasteiger partial charge in [-0.3, -0.25) is 10.1 Å². The minimum absolute atomic E-state index is 0.161. The van der Waals surface area contributed by atoms with E-state index in [1.165, 1.54) is 22.7 Å². The van der Waals surface area contributed by atoms with Crippen molar-refractivity contribution in [1.82, 2.24) is 10.2 Å². The van der Waals surface area contributed by atoms with Crippen molar-refractivity contribution in [2.24, 2.45) is 0 Å². The fraction of sp³-hybridized carbons (Fsp3) is 0.300. The number of rotatable bonds is 4. The molecule has 96 valence electrons. The Bertz CT molecular complexity index is 548. The van der Waals surface area contributed by atoms with Crippen LogP contribution in [0.5, 0.6) is 0 Å². The molecule has 0 aromatic carbocycles. The second-order valence-corrected chi connectivity index (χ2v) is 7.72. The molecule has 2 rings (SSSR count). The van der Waals surface area contributed by atoms with E-state index in [0.717, 1.165) is 26.1 Å². The number of carbonyl (C=O) groups is 1. The molecule has 0 bridgehead atoms. The van der Waals surface area contributed by atoms with E-state index in [9.17, 15) is 4.79 Å². The first-order valence-corrected chi connectivity index (χ1v) is 8.40. The van der Waals surface area contributed by atoms with E-state index < -0.39 is 0 Å². The lowest BCUT2D eigenvalue weighted by molar-refractivity contribution is 0.103. The molecular formula is C10H9Br2N3OS2. The van der Waals surface area contributed by atoms with Crippen molar-refractivity contribution < 1.29 is 4.79 Å². The molecule has 1 N–H and O–H groups in total. The summed E-state index contributed by atoms with van der Waals surface area (Å²) in [5, 5.41) is 12.2. The third-order valence-electron chi connectivity index (χ3n) is 2.02.